The first-order valence-electron chi connectivity index (χ1n) is 2.68. The molecule has 0 radical (unpaired) electrons. The van der Waals surface area contributed by atoms with Crippen LogP contribution < -0.4 is 0 Å². The maximum absolute atomic E-state index is 12.2. The molecule has 0 bridgehead atoms. The molecule has 1 saturated heterocycles. The van der Waals surface area contributed by atoms with Crippen LogP contribution in [0.25, 0.3) is 0 Å². The predicted molar refractivity (Wildman–Crippen MR) is 22.7 cm³/mol. The Kier molecular flexibility index (Phi) is 0.615. The molecule has 46 valence electrons. The van der Waals surface area contributed by atoms with Gasteiger partial charge in [0.15, 0.2) is 0 Å². The minimum absolute atomic E-state index is 0.275. The van der Waals surface area contributed by atoms with Crippen molar-refractivity contribution in [2.24, 2.45) is 11.8 Å². The number of fused-ring (bicyclic) bond motifs is 1. The van der Waals surface area contributed by atoms with Crippen molar-refractivity contribution < 1.29 is 13.5 Å². The molecule has 1 heterocycles. The number of alkyl halides is 2. The first-order valence-corrected chi connectivity index (χ1v) is 2.68. The Morgan fingerprint density at radius 1 is 1.25 bits per heavy atom. The lowest BCUT2D eigenvalue weighted by Gasteiger charge is -1.98. The van der Waals surface area contributed by atoms with Gasteiger partial charge in [-0.25, -0.2) is 8.78 Å². The van der Waals surface area contributed by atoms with Gasteiger partial charge in [-0.15, -0.1) is 0 Å². The van der Waals surface area contributed by atoms with E-state index in [1.165, 1.54) is 0 Å². The van der Waals surface area contributed by atoms with Gasteiger partial charge in [0, 0.05) is 0 Å². The monoisotopic (exact) mass is 120 g/mol. The van der Waals surface area contributed by atoms with Gasteiger partial charge >= 0.3 is 0 Å². The van der Waals surface area contributed by atoms with Crippen molar-refractivity contribution in [2.75, 3.05) is 13.2 Å². The van der Waals surface area contributed by atoms with Gasteiger partial charge in [-0.1, -0.05) is 0 Å². The molecule has 0 aromatic heterocycles. The van der Waals surface area contributed by atoms with Crippen LogP contribution in [-0.4, -0.2) is 19.1 Å². The van der Waals surface area contributed by atoms with Crippen LogP contribution in [-0.2, 0) is 4.74 Å². The molecule has 2 unspecified atom stereocenters. The van der Waals surface area contributed by atoms with E-state index < -0.39 is 17.8 Å². The molecule has 1 nitrogen and oxygen atoms in total. The molecule has 2 aliphatic rings. The standard InChI is InChI=1S/C5H6F2O/c6-5(7)3-1-8-2-4(3)5/h3-4H,1-2H2. The van der Waals surface area contributed by atoms with Crippen molar-refractivity contribution in [2.45, 2.75) is 5.92 Å². The van der Waals surface area contributed by atoms with E-state index in [0.717, 1.165) is 0 Å². The second kappa shape index (κ2) is 1.05. The third-order valence-electron chi connectivity index (χ3n) is 1.96. The van der Waals surface area contributed by atoms with Crippen molar-refractivity contribution in [1.82, 2.24) is 0 Å². The van der Waals surface area contributed by atoms with E-state index in [1.807, 2.05) is 0 Å². The van der Waals surface area contributed by atoms with Crippen LogP contribution in [0.4, 0.5) is 8.78 Å². The van der Waals surface area contributed by atoms with Gasteiger partial charge in [0.05, 0.1) is 25.0 Å². The largest absolute Gasteiger partial charge is 0.380 e. The minimum Gasteiger partial charge on any atom is -0.380 e. The van der Waals surface area contributed by atoms with Gasteiger partial charge < -0.3 is 4.74 Å². The van der Waals surface area contributed by atoms with Crippen molar-refractivity contribution in [3.8, 4) is 0 Å². The van der Waals surface area contributed by atoms with Crippen molar-refractivity contribution in [3.05, 3.63) is 0 Å². The lowest BCUT2D eigenvalue weighted by Crippen LogP contribution is -2.06. The molecule has 0 amide bonds. The van der Waals surface area contributed by atoms with Crippen LogP contribution in [0.5, 0.6) is 0 Å². The molecule has 1 aliphatic carbocycles. The van der Waals surface area contributed by atoms with E-state index in [4.69, 9.17) is 4.74 Å². The molecule has 1 aliphatic heterocycles. The molecular weight excluding hydrogens is 114 g/mol. The van der Waals surface area contributed by atoms with Crippen molar-refractivity contribution in [1.29, 1.82) is 0 Å². The zero-order chi connectivity index (χ0) is 5.78. The van der Waals surface area contributed by atoms with Gasteiger partial charge in [-0.2, -0.15) is 0 Å². The SMILES string of the molecule is FC1(F)C2COCC21. The summed E-state index contributed by atoms with van der Waals surface area (Å²) in [5, 5.41) is 0. The Labute approximate surface area is 45.6 Å². The van der Waals surface area contributed by atoms with Crippen LogP contribution in [0.2, 0.25) is 0 Å². The Morgan fingerprint density at radius 2 is 1.75 bits per heavy atom. The minimum atomic E-state index is -2.36. The van der Waals surface area contributed by atoms with E-state index in [1.54, 1.807) is 0 Å². The van der Waals surface area contributed by atoms with Gasteiger partial charge in [-0.05, 0) is 0 Å². The molecule has 2 rings (SSSR count). The summed E-state index contributed by atoms with van der Waals surface area (Å²) < 4.78 is 29.1. The molecule has 0 spiro atoms. The third-order valence-corrected chi connectivity index (χ3v) is 1.96. The maximum Gasteiger partial charge on any atom is 0.259 e. The van der Waals surface area contributed by atoms with Crippen LogP contribution in [0.15, 0.2) is 0 Å². The highest BCUT2D eigenvalue weighted by atomic mass is 19.3. The smallest absolute Gasteiger partial charge is 0.259 e. The Hall–Kier alpha value is -0.180. The highest BCUT2D eigenvalue weighted by molar-refractivity contribution is 5.07. The summed E-state index contributed by atoms with van der Waals surface area (Å²) in [6.45, 7) is 0.551. The third kappa shape index (κ3) is 0.344. The topological polar surface area (TPSA) is 9.23 Å². The molecule has 8 heavy (non-hydrogen) atoms. The Balaban J connectivity index is 2.13. The summed E-state index contributed by atoms with van der Waals surface area (Å²) in [6.07, 6.45) is 0. The zero-order valence-corrected chi connectivity index (χ0v) is 4.23. The van der Waals surface area contributed by atoms with Crippen LogP contribution in [0.1, 0.15) is 0 Å². The van der Waals surface area contributed by atoms with Crippen molar-refractivity contribution in [3.63, 3.8) is 0 Å². The summed E-state index contributed by atoms with van der Waals surface area (Å²) in [4.78, 5) is 0. The van der Waals surface area contributed by atoms with Crippen LogP contribution >= 0.6 is 0 Å². The number of hydrogen-bond donors (Lipinski definition) is 0. The van der Waals surface area contributed by atoms with Gasteiger partial charge in [0.1, 0.15) is 0 Å². The summed E-state index contributed by atoms with van der Waals surface area (Å²) in [5.41, 5.74) is 0. The molecular formula is C5H6F2O. The second-order valence-electron chi connectivity index (χ2n) is 2.42. The van der Waals surface area contributed by atoms with Crippen molar-refractivity contribution >= 4 is 0 Å². The van der Waals surface area contributed by atoms with Crippen LogP contribution in [0.3, 0.4) is 0 Å². The van der Waals surface area contributed by atoms with E-state index in [9.17, 15) is 8.78 Å². The van der Waals surface area contributed by atoms with Gasteiger partial charge in [0.2, 0.25) is 0 Å². The Morgan fingerprint density at radius 3 is 2.00 bits per heavy atom. The molecule has 3 heteroatoms. The summed E-state index contributed by atoms with van der Waals surface area (Å²) >= 11 is 0. The number of hydrogen-bond acceptors (Lipinski definition) is 1. The highest BCUT2D eigenvalue weighted by Gasteiger charge is 2.70. The first-order chi connectivity index (χ1) is 3.73. The average molecular weight is 120 g/mol. The average Bonchev–Trinajstić information content (AvgIpc) is 2.22. The van der Waals surface area contributed by atoms with Crippen LogP contribution in [0, 0.1) is 11.8 Å². The van der Waals surface area contributed by atoms with E-state index in [2.05, 4.69) is 0 Å². The summed E-state index contributed by atoms with van der Waals surface area (Å²) in [5.74, 6) is -3.22. The van der Waals surface area contributed by atoms with E-state index in [0.29, 0.717) is 0 Å². The number of ether oxygens (including phenoxy) is 1. The zero-order valence-electron chi connectivity index (χ0n) is 4.23. The molecule has 1 saturated carbocycles. The quantitative estimate of drug-likeness (QED) is 0.461. The predicted octanol–water partition coefficient (Wildman–Crippen LogP) is 0.898. The second-order valence-corrected chi connectivity index (χ2v) is 2.42. The van der Waals surface area contributed by atoms with E-state index >= 15 is 0 Å². The fourth-order valence-electron chi connectivity index (χ4n) is 1.24. The fraction of sp³-hybridized carbons (Fsp3) is 1.00. The van der Waals surface area contributed by atoms with Gasteiger partial charge in [0.25, 0.3) is 5.92 Å². The highest BCUT2D eigenvalue weighted by Crippen LogP contribution is 2.58. The molecule has 0 N–H and O–H groups in total. The molecule has 0 aromatic carbocycles. The number of rotatable bonds is 0. The maximum atomic E-state index is 12.2. The van der Waals surface area contributed by atoms with Gasteiger partial charge in [-0.3, -0.25) is 0 Å². The first kappa shape index (κ1) is 4.68. The molecule has 0 aromatic rings. The Bertz CT molecular complexity index is 112. The lowest BCUT2D eigenvalue weighted by molar-refractivity contribution is 0.0172. The number of halogens is 2. The summed E-state index contributed by atoms with van der Waals surface area (Å²) in [7, 11) is 0. The summed E-state index contributed by atoms with van der Waals surface area (Å²) in [6, 6.07) is 0. The fourth-order valence-corrected chi connectivity index (χ4v) is 1.24. The van der Waals surface area contributed by atoms with E-state index in [-0.39, 0.29) is 13.2 Å². The molecule has 2 atom stereocenters. The normalized spacial score (nSPS) is 48.8. The molecule has 2 fully saturated rings. The lowest BCUT2D eigenvalue weighted by atomic mass is 10.4.